The summed E-state index contributed by atoms with van der Waals surface area (Å²) in [4.78, 5) is 58.1. The molecular weight excluding hydrogens is 640 g/mol. The van der Waals surface area contributed by atoms with E-state index in [0.717, 1.165) is 16.8 Å². The van der Waals surface area contributed by atoms with Gasteiger partial charge < -0.3 is 41.2 Å². The molecule has 0 fully saturated rings. The number of hydrogen-bond donors (Lipinski definition) is 5. The molecule has 3 rings (SSSR count). The van der Waals surface area contributed by atoms with Crippen molar-refractivity contribution >= 4 is 24.0 Å². The van der Waals surface area contributed by atoms with Crippen LogP contribution in [0.25, 0.3) is 11.3 Å². The number of ether oxygens (including phenoxy) is 2. The molecule has 0 saturated heterocycles. The Bertz CT molecular complexity index is 1520. The highest BCUT2D eigenvalue weighted by atomic mass is 16.5. The van der Waals surface area contributed by atoms with Crippen molar-refractivity contribution in [3.8, 4) is 11.3 Å². The van der Waals surface area contributed by atoms with Crippen LogP contribution < -0.4 is 21.7 Å². The molecule has 3 aromatic rings. The molecule has 0 bridgehead atoms. The van der Waals surface area contributed by atoms with Crippen LogP contribution >= 0.6 is 0 Å². The summed E-state index contributed by atoms with van der Waals surface area (Å²) >= 11 is 0. The zero-order chi connectivity index (χ0) is 36.8. The number of amides is 4. The lowest BCUT2D eigenvalue weighted by Crippen LogP contribution is -2.59. The largest absolute Gasteiger partial charge is 0.453 e. The quantitative estimate of drug-likeness (QED) is 0.140. The third-order valence-electron chi connectivity index (χ3n) is 8.20. The molecule has 2 aromatic carbocycles. The Balaban J connectivity index is 2.00. The zero-order valence-electron chi connectivity index (χ0n) is 29.5. The fourth-order valence-electron chi connectivity index (χ4n) is 5.37. The fourth-order valence-corrected chi connectivity index (χ4v) is 5.37. The van der Waals surface area contributed by atoms with Crippen molar-refractivity contribution in [3.63, 3.8) is 0 Å². The first-order valence-corrected chi connectivity index (χ1v) is 16.7. The summed E-state index contributed by atoms with van der Waals surface area (Å²) < 4.78 is 9.78. The molecule has 0 radical (unpaired) electrons. The Hall–Kier alpha value is -5.01. The van der Waals surface area contributed by atoms with Crippen LogP contribution in [0.4, 0.5) is 9.59 Å². The van der Waals surface area contributed by atoms with Crippen LogP contribution in [0.1, 0.15) is 51.9 Å². The Morgan fingerprint density at radius 2 is 1.46 bits per heavy atom. The van der Waals surface area contributed by atoms with Crippen LogP contribution in [0.2, 0.25) is 0 Å². The van der Waals surface area contributed by atoms with E-state index in [1.54, 1.807) is 52.9 Å². The van der Waals surface area contributed by atoms with E-state index in [4.69, 9.17) is 15.2 Å². The summed E-state index contributed by atoms with van der Waals surface area (Å²) in [6, 6.07) is 19.1. The highest BCUT2D eigenvalue weighted by Gasteiger charge is 2.36. The summed E-state index contributed by atoms with van der Waals surface area (Å²) in [5, 5.41) is 19.9. The van der Waals surface area contributed by atoms with E-state index in [1.165, 1.54) is 12.0 Å². The first-order valence-electron chi connectivity index (χ1n) is 16.7. The fraction of sp³-hybridized carbons (Fsp3) is 0.432. The van der Waals surface area contributed by atoms with Gasteiger partial charge in [0.25, 0.3) is 0 Å². The Morgan fingerprint density at radius 1 is 0.840 bits per heavy atom. The van der Waals surface area contributed by atoms with Crippen LogP contribution in [-0.2, 0) is 25.5 Å². The van der Waals surface area contributed by atoms with Crippen molar-refractivity contribution in [3.05, 3.63) is 90.1 Å². The van der Waals surface area contributed by atoms with Crippen LogP contribution in [-0.4, -0.2) is 83.5 Å². The molecule has 0 aliphatic rings. The van der Waals surface area contributed by atoms with Crippen LogP contribution in [0.5, 0.6) is 0 Å². The third-order valence-corrected chi connectivity index (χ3v) is 8.20. The Labute approximate surface area is 293 Å². The molecule has 1 aromatic heterocycles. The van der Waals surface area contributed by atoms with Crippen molar-refractivity contribution < 1.29 is 33.8 Å². The van der Waals surface area contributed by atoms with E-state index in [0.29, 0.717) is 5.56 Å². The van der Waals surface area contributed by atoms with E-state index >= 15 is 0 Å². The lowest BCUT2D eigenvalue weighted by molar-refractivity contribution is -0.139. The molecule has 4 amide bonds. The van der Waals surface area contributed by atoms with Gasteiger partial charge in [0, 0.05) is 11.8 Å². The number of aromatic nitrogens is 1. The number of carbonyl (C=O) groups excluding carboxylic acids is 4. The molecule has 0 saturated carbocycles. The lowest BCUT2D eigenvalue weighted by atomic mass is 9.97. The standard InChI is InChI=1S/C37H50N6O7/c1-7-50-37(48)42-32(24(4)5)35(46)43(33(38)27-18-16-26(17-19-27)28-15-11-12-20-39-28)22-30(44)29(21-25-13-9-8-10-14-25)40-34(45)31(23(2)3)41-36(47)49-6/h8-20,23-24,29-33,44H,7,21-22,38H2,1-6H3,(H,40,45)(H,41,47)(H,42,48)/t29-,30-,31-,32-,33?/m0/s1. The number of nitrogens with two attached hydrogens (primary N) is 1. The van der Waals surface area contributed by atoms with Crippen LogP contribution in [0, 0.1) is 11.8 Å². The number of benzene rings is 2. The second kappa shape index (κ2) is 19.2. The molecule has 0 aliphatic carbocycles. The summed E-state index contributed by atoms with van der Waals surface area (Å²) in [5.41, 5.74) is 9.78. The minimum atomic E-state index is -1.34. The molecule has 0 spiro atoms. The number of carbonyl (C=O) groups is 4. The Morgan fingerprint density at radius 3 is 2.02 bits per heavy atom. The number of rotatable bonds is 16. The number of nitrogens with zero attached hydrogens (tertiary/aromatic N) is 2. The molecule has 1 heterocycles. The normalized spacial score (nSPS) is 14.1. The number of nitrogens with one attached hydrogen (secondary N) is 3. The predicted octanol–water partition coefficient (Wildman–Crippen LogP) is 3.77. The van der Waals surface area contributed by atoms with Gasteiger partial charge >= 0.3 is 12.2 Å². The number of hydrogen-bond acceptors (Lipinski definition) is 9. The summed E-state index contributed by atoms with van der Waals surface area (Å²) in [6.07, 6.45) is -2.05. The Kier molecular flexibility index (Phi) is 15.2. The molecule has 13 heteroatoms. The maximum Gasteiger partial charge on any atom is 0.407 e. The SMILES string of the molecule is CCOC(=O)N[C@H](C(=O)N(C[C@H](O)[C@H](Cc1ccccc1)NC(=O)[C@@H](NC(=O)OC)C(C)C)C(N)c1ccc(-c2ccccn2)cc1)C(C)C. The highest BCUT2D eigenvalue weighted by molar-refractivity contribution is 5.87. The molecule has 6 N–H and O–H groups in total. The second-order valence-electron chi connectivity index (χ2n) is 12.6. The van der Waals surface area contributed by atoms with Gasteiger partial charge in [0.2, 0.25) is 11.8 Å². The van der Waals surface area contributed by atoms with Crippen molar-refractivity contribution in [2.24, 2.45) is 17.6 Å². The van der Waals surface area contributed by atoms with Crippen LogP contribution in [0.3, 0.4) is 0 Å². The topological polar surface area (TPSA) is 185 Å². The van der Waals surface area contributed by atoms with Gasteiger partial charge in [0.05, 0.1) is 38.1 Å². The van der Waals surface area contributed by atoms with Gasteiger partial charge in [0.1, 0.15) is 18.2 Å². The van der Waals surface area contributed by atoms with Gasteiger partial charge in [-0.25, -0.2) is 9.59 Å². The molecule has 270 valence electrons. The molecule has 1 unspecified atom stereocenters. The van der Waals surface area contributed by atoms with Gasteiger partial charge in [-0.3, -0.25) is 14.6 Å². The maximum atomic E-state index is 14.3. The van der Waals surface area contributed by atoms with Gasteiger partial charge in [-0.05, 0) is 48.4 Å². The predicted molar refractivity (Wildman–Crippen MR) is 189 cm³/mol. The minimum absolute atomic E-state index is 0.110. The van der Waals surface area contributed by atoms with E-state index in [9.17, 15) is 24.3 Å². The molecule has 0 aliphatic heterocycles. The summed E-state index contributed by atoms with van der Waals surface area (Å²) in [6.45, 7) is 8.53. The van der Waals surface area contributed by atoms with E-state index < -0.39 is 54.4 Å². The van der Waals surface area contributed by atoms with Gasteiger partial charge in [-0.15, -0.1) is 0 Å². The minimum Gasteiger partial charge on any atom is -0.453 e. The summed E-state index contributed by atoms with van der Waals surface area (Å²) in [7, 11) is 1.20. The molecule has 13 nitrogen and oxygen atoms in total. The lowest BCUT2D eigenvalue weighted by Gasteiger charge is -2.37. The van der Waals surface area contributed by atoms with Crippen molar-refractivity contribution in [1.82, 2.24) is 25.8 Å². The first kappa shape index (κ1) is 39.4. The van der Waals surface area contributed by atoms with Crippen molar-refractivity contribution in [1.29, 1.82) is 0 Å². The van der Waals surface area contributed by atoms with Gasteiger partial charge in [-0.2, -0.15) is 0 Å². The molecule has 50 heavy (non-hydrogen) atoms. The third kappa shape index (κ3) is 11.3. The van der Waals surface area contributed by atoms with E-state index in [1.807, 2.05) is 60.7 Å². The van der Waals surface area contributed by atoms with Crippen LogP contribution in [0.15, 0.2) is 79.0 Å². The number of aliphatic hydroxyl groups is 1. The highest BCUT2D eigenvalue weighted by Crippen LogP contribution is 2.24. The zero-order valence-corrected chi connectivity index (χ0v) is 29.5. The second-order valence-corrected chi connectivity index (χ2v) is 12.6. The van der Waals surface area contributed by atoms with Gasteiger partial charge in [-0.1, -0.05) is 88.4 Å². The number of methoxy groups -OCH3 is 1. The van der Waals surface area contributed by atoms with Crippen molar-refractivity contribution in [2.75, 3.05) is 20.3 Å². The number of alkyl carbamates (subject to hydrolysis) is 2. The molecular formula is C37H50N6O7. The maximum absolute atomic E-state index is 14.3. The summed E-state index contributed by atoms with van der Waals surface area (Å²) in [5.74, 6) is -1.78. The smallest absolute Gasteiger partial charge is 0.407 e. The average molecular weight is 691 g/mol. The van der Waals surface area contributed by atoms with E-state index in [2.05, 4.69) is 20.9 Å². The number of aliphatic hydroxyl groups excluding tert-OH is 1. The van der Waals surface area contributed by atoms with Gasteiger partial charge in [0.15, 0.2) is 0 Å². The van der Waals surface area contributed by atoms with E-state index in [-0.39, 0.29) is 31.4 Å². The number of pyridine rings is 1. The average Bonchev–Trinajstić information content (AvgIpc) is 3.11. The monoisotopic (exact) mass is 690 g/mol. The van der Waals surface area contributed by atoms with Crippen molar-refractivity contribution in [2.45, 2.75) is 71.4 Å². The molecule has 5 atom stereocenters. The first-order chi connectivity index (χ1) is 23.9.